The Morgan fingerprint density at radius 3 is 2.67 bits per heavy atom. The molecule has 0 aromatic carbocycles. The van der Waals surface area contributed by atoms with Gasteiger partial charge in [-0.25, -0.2) is 0 Å². The second-order valence-electron chi connectivity index (χ2n) is 5.15. The molecule has 0 spiro atoms. The molecule has 2 aliphatic rings. The topological polar surface area (TPSA) is 4.44 Å². The van der Waals surface area contributed by atoms with Crippen LogP contribution in [0.4, 0.5) is 0 Å². The molecule has 0 radical (unpaired) electrons. The van der Waals surface area contributed by atoms with Crippen molar-refractivity contribution in [2.24, 2.45) is 5.41 Å². The summed E-state index contributed by atoms with van der Waals surface area (Å²) in [5.74, 6) is 0. The van der Waals surface area contributed by atoms with Crippen LogP contribution in [0.3, 0.4) is 0 Å². The summed E-state index contributed by atoms with van der Waals surface area (Å²) in [6.07, 6.45) is 8.91. The van der Waals surface area contributed by atoms with Crippen LogP contribution in [0.15, 0.2) is 0 Å². The van der Waals surface area contributed by atoms with E-state index in [1.54, 1.807) is 0 Å². The van der Waals surface area contributed by atoms with Gasteiger partial charge in [-0.3, -0.25) is 0 Å². The van der Waals surface area contributed by atoms with E-state index in [-0.39, 0.29) is 0 Å². The van der Waals surface area contributed by atoms with Crippen molar-refractivity contribution in [3.63, 3.8) is 0 Å². The molecular weight excluding hydrogens is 146 g/mol. The van der Waals surface area contributed by atoms with Gasteiger partial charge in [0, 0.05) is 5.41 Å². The van der Waals surface area contributed by atoms with E-state index in [1.165, 1.54) is 45.1 Å². The number of likely N-dealkylation sites (tertiary alicyclic amines) is 1. The van der Waals surface area contributed by atoms with Gasteiger partial charge >= 0.3 is 0 Å². The van der Waals surface area contributed by atoms with Crippen molar-refractivity contribution in [3.05, 3.63) is 0 Å². The lowest BCUT2D eigenvalue weighted by molar-refractivity contribution is -0.921. The van der Waals surface area contributed by atoms with Crippen LogP contribution in [0.5, 0.6) is 0 Å². The van der Waals surface area contributed by atoms with Gasteiger partial charge in [-0.15, -0.1) is 0 Å². The van der Waals surface area contributed by atoms with Gasteiger partial charge in [0.25, 0.3) is 0 Å². The number of quaternary nitrogens is 1. The molecular formula is C11H22N+. The molecule has 3 atom stereocenters. The number of nitrogens with one attached hydrogen (secondary N) is 1. The summed E-state index contributed by atoms with van der Waals surface area (Å²) >= 11 is 0. The summed E-state index contributed by atoms with van der Waals surface area (Å²) in [5.41, 5.74) is 0.709. The highest BCUT2D eigenvalue weighted by Gasteiger charge is 2.43. The van der Waals surface area contributed by atoms with Crippen LogP contribution in [0.1, 0.15) is 45.4 Å². The number of rotatable bonds is 0. The smallest absolute Gasteiger partial charge is 0.0926 e. The molecule has 1 nitrogen and oxygen atoms in total. The standard InChI is InChI=1S/C11H21N/c1-11-7-4-3-6-10(11)12(2)9-5-8-11/h10H,3-9H2,1-2H3/p+1/t10-,11+/m0/s1. The fraction of sp³-hybridized carbons (Fsp3) is 1.00. The summed E-state index contributed by atoms with van der Waals surface area (Å²) in [6.45, 7) is 3.94. The fourth-order valence-corrected chi connectivity index (χ4v) is 3.49. The molecule has 70 valence electrons. The first-order valence-electron chi connectivity index (χ1n) is 5.55. The van der Waals surface area contributed by atoms with Crippen molar-refractivity contribution in [1.29, 1.82) is 0 Å². The average Bonchev–Trinajstić information content (AvgIpc) is 2.04. The third kappa shape index (κ3) is 1.28. The maximum absolute atomic E-state index is 2.53. The molecule has 0 aromatic rings. The molecule has 1 saturated carbocycles. The summed E-state index contributed by atoms with van der Waals surface area (Å²) in [6, 6.07) is 0.986. The van der Waals surface area contributed by atoms with Gasteiger partial charge in [-0.05, 0) is 32.1 Å². The van der Waals surface area contributed by atoms with Gasteiger partial charge < -0.3 is 4.90 Å². The number of fused-ring (bicyclic) bond motifs is 1. The van der Waals surface area contributed by atoms with E-state index < -0.39 is 0 Å². The minimum absolute atomic E-state index is 0.709. The van der Waals surface area contributed by atoms with Crippen LogP contribution >= 0.6 is 0 Å². The molecule has 0 aromatic heterocycles. The van der Waals surface area contributed by atoms with Gasteiger partial charge in [0.2, 0.25) is 0 Å². The Bertz CT molecular complexity index is 162. The molecule has 2 fully saturated rings. The van der Waals surface area contributed by atoms with E-state index in [9.17, 15) is 0 Å². The Labute approximate surface area is 76.1 Å². The minimum Gasteiger partial charge on any atom is -0.334 e. The normalized spacial score (nSPS) is 48.5. The summed E-state index contributed by atoms with van der Waals surface area (Å²) in [4.78, 5) is 1.81. The number of piperidine rings is 1. The molecule has 0 bridgehead atoms. The highest BCUT2D eigenvalue weighted by molar-refractivity contribution is 4.87. The van der Waals surface area contributed by atoms with E-state index >= 15 is 0 Å². The summed E-state index contributed by atoms with van der Waals surface area (Å²) < 4.78 is 0. The van der Waals surface area contributed by atoms with Crippen LogP contribution in [0.25, 0.3) is 0 Å². The highest BCUT2D eigenvalue weighted by Crippen LogP contribution is 2.39. The highest BCUT2D eigenvalue weighted by atomic mass is 15.1. The minimum atomic E-state index is 0.709. The van der Waals surface area contributed by atoms with Gasteiger partial charge in [0.05, 0.1) is 19.6 Å². The van der Waals surface area contributed by atoms with Gasteiger partial charge in [0.1, 0.15) is 0 Å². The van der Waals surface area contributed by atoms with Crippen molar-refractivity contribution in [2.45, 2.75) is 51.5 Å². The lowest BCUT2D eigenvalue weighted by Crippen LogP contribution is -3.15. The fourth-order valence-electron chi connectivity index (χ4n) is 3.49. The summed E-state index contributed by atoms with van der Waals surface area (Å²) in [7, 11) is 2.40. The first-order chi connectivity index (χ1) is 5.72. The molecule has 1 heterocycles. The molecule has 0 amide bonds. The molecule has 1 aliphatic heterocycles. The predicted octanol–water partition coefficient (Wildman–Crippen LogP) is 1.24. The molecule has 1 saturated heterocycles. The first-order valence-corrected chi connectivity index (χ1v) is 5.55. The molecule has 1 N–H and O–H groups in total. The largest absolute Gasteiger partial charge is 0.334 e. The van der Waals surface area contributed by atoms with Crippen molar-refractivity contribution >= 4 is 0 Å². The zero-order valence-electron chi connectivity index (χ0n) is 8.53. The Hall–Kier alpha value is -0.0400. The first kappa shape index (κ1) is 8.55. The monoisotopic (exact) mass is 168 g/mol. The van der Waals surface area contributed by atoms with E-state index in [0.29, 0.717) is 5.41 Å². The van der Waals surface area contributed by atoms with Crippen molar-refractivity contribution in [2.75, 3.05) is 13.6 Å². The van der Waals surface area contributed by atoms with Crippen LogP contribution < -0.4 is 4.90 Å². The van der Waals surface area contributed by atoms with E-state index in [0.717, 1.165) is 6.04 Å². The molecule has 2 rings (SSSR count). The number of hydrogen-bond acceptors (Lipinski definition) is 0. The van der Waals surface area contributed by atoms with Crippen LogP contribution in [0, 0.1) is 5.41 Å². The van der Waals surface area contributed by atoms with E-state index in [2.05, 4.69) is 14.0 Å². The van der Waals surface area contributed by atoms with Crippen LogP contribution in [-0.4, -0.2) is 19.6 Å². The maximum atomic E-state index is 2.53. The Kier molecular flexibility index (Phi) is 2.16. The second kappa shape index (κ2) is 3.02. The van der Waals surface area contributed by atoms with Gasteiger partial charge in [-0.2, -0.15) is 0 Å². The van der Waals surface area contributed by atoms with Crippen molar-refractivity contribution in [1.82, 2.24) is 0 Å². The van der Waals surface area contributed by atoms with Gasteiger partial charge in [0.15, 0.2) is 0 Å². The Balaban J connectivity index is 2.12. The lowest BCUT2D eigenvalue weighted by Gasteiger charge is -2.47. The van der Waals surface area contributed by atoms with Crippen LogP contribution in [0.2, 0.25) is 0 Å². The average molecular weight is 168 g/mol. The van der Waals surface area contributed by atoms with Gasteiger partial charge in [-0.1, -0.05) is 13.3 Å². The third-order valence-corrected chi connectivity index (χ3v) is 4.25. The predicted molar refractivity (Wildman–Crippen MR) is 51.4 cm³/mol. The van der Waals surface area contributed by atoms with E-state index in [1.807, 2.05) is 4.90 Å². The van der Waals surface area contributed by atoms with Crippen molar-refractivity contribution < 1.29 is 4.90 Å². The zero-order chi connectivity index (χ0) is 8.60. The molecule has 12 heavy (non-hydrogen) atoms. The Morgan fingerprint density at radius 2 is 1.92 bits per heavy atom. The number of hydrogen-bond donors (Lipinski definition) is 1. The molecule has 1 unspecified atom stereocenters. The Morgan fingerprint density at radius 1 is 1.17 bits per heavy atom. The van der Waals surface area contributed by atoms with Crippen molar-refractivity contribution in [3.8, 4) is 0 Å². The van der Waals surface area contributed by atoms with E-state index in [4.69, 9.17) is 0 Å². The maximum Gasteiger partial charge on any atom is 0.0926 e. The SMILES string of the molecule is C[NH+]1CCC[C@@]2(C)CCCC[C@H]12. The molecule has 1 heteroatoms. The third-order valence-electron chi connectivity index (χ3n) is 4.25. The second-order valence-corrected chi connectivity index (χ2v) is 5.15. The van der Waals surface area contributed by atoms with Crippen LogP contribution in [-0.2, 0) is 0 Å². The quantitative estimate of drug-likeness (QED) is 0.555. The molecule has 1 aliphatic carbocycles. The summed E-state index contributed by atoms with van der Waals surface area (Å²) in [5, 5.41) is 0. The zero-order valence-corrected chi connectivity index (χ0v) is 8.53. The lowest BCUT2D eigenvalue weighted by atomic mass is 9.67.